The number of carbonyl (C=O) groups excluding carboxylic acids is 4. The largest absolute Gasteiger partial charge is 0.452 e. The molecule has 3 fully saturated rings. The molecular weight excluding hydrogens is 559 g/mol. The van der Waals surface area contributed by atoms with Gasteiger partial charge in [-0.15, -0.1) is 23.2 Å². The lowest BCUT2D eigenvalue weighted by Gasteiger charge is -2.28. The van der Waals surface area contributed by atoms with Crippen LogP contribution in [0.3, 0.4) is 0 Å². The Morgan fingerprint density at radius 2 is 1.71 bits per heavy atom. The Bertz CT molecular complexity index is 1220. The summed E-state index contributed by atoms with van der Waals surface area (Å²) >= 11 is 16.2. The summed E-state index contributed by atoms with van der Waals surface area (Å²) < 4.78 is 6.05. The van der Waals surface area contributed by atoms with Gasteiger partial charge in [-0.2, -0.15) is 0 Å². The summed E-state index contributed by atoms with van der Waals surface area (Å²) in [7, 11) is 0. The third-order valence-electron chi connectivity index (χ3n) is 7.12. The fraction of sp³-hybridized carbons (Fsp3) is 0.360. The van der Waals surface area contributed by atoms with Crippen molar-refractivity contribution in [3.63, 3.8) is 0 Å². The maximum Gasteiger partial charge on any atom is 0.338 e. The average molecular weight is 580 g/mol. The molecule has 0 unspecified atom stereocenters. The Labute approximate surface area is 220 Å². The molecule has 1 aliphatic heterocycles. The Kier molecular flexibility index (Phi) is 6.40. The average Bonchev–Trinajstić information content (AvgIpc) is 3.44. The Morgan fingerprint density at radius 3 is 2.34 bits per heavy atom. The van der Waals surface area contributed by atoms with Crippen molar-refractivity contribution in [2.75, 3.05) is 16.8 Å². The van der Waals surface area contributed by atoms with Crippen molar-refractivity contribution in [3.05, 3.63) is 58.1 Å². The second-order valence-corrected chi connectivity index (χ2v) is 11.1. The Balaban J connectivity index is 1.26. The van der Waals surface area contributed by atoms with Crippen LogP contribution in [0.1, 0.15) is 22.3 Å². The van der Waals surface area contributed by atoms with Crippen molar-refractivity contribution in [1.29, 1.82) is 0 Å². The summed E-state index contributed by atoms with van der Waals surface area (Å²) in [6, 6.07) is 11.5. The van der Waals surface area contributed by atoms with Crippen LogP contribution in [0, 0.1) is 30.6 Å². The van der Waals surface area contributed by atoms with Gasteiger partial charge in [-0.05, 0) is 67.1 Å². The van der Waals surface area contributed by atoms with E-state index in [0.717, 1.165) is 14.9 Å². The zero-order valence-electron chi connectivity index (χ0n) is 18.5. The molecule has 2 bridgehead atoms. The van der Waals surface area contributed by atoms with E-state index in [1.807, 2.05) is 13.0 Å². The van der Waals surface area contributed by atoms with Gasteiger partial charge in [0.15, 0.2) is 6.61 Å². The summed E-state index contributed by atoms with van der Waals surface area (Å²) in [4.78, 5) is 52.4. The van der Waals surface area contributed by atoms with Crippen LogP contribution in [0.4, 0.5) is 11.4 Å². The molecule has 182 valence electrons. The number of esters is 1. The zero-order chi connectivity index (χ0) is 25.0. The number of ether oxygens (including phenoxy) is 1. The lowest BCUT2D eigenvalue weighted by Crippen LogP contribution is -2.37. The normalized spacial score (nSPS) is 28.9. The number of aryl methyl sites for hydroxylation is 1. The lowest BCUT2D eigenvalue weighted by atomic mass is 9.80. The first-order valence-corrected chi connectivity index (χ1v) is 12.8. The molecule has 1 saturated heterocycles. The van der Waals surface area contributed by atoms with Gasteiger partial charge in [0.2, 0.25) is 11.8 Å². The van der Waals surface area contributed by atoms with Gasteiger partial charge in [-0.3, -0.25) is 19.3 Å². The van der Waals surface area contributed by atoms with Crippen LogP contribution in [0.25, 0.3) is 0 Å². The maximum atomic E-state index is 13.2. The van der Waals surface area contributed by atoms with Gasteiger partial charge in [-0.25, -0.2) is 4.79 Å². The molecule has 3 aliphatic rings. The topological polar surface area (TPSA) is 92.8 Å². The fourth-order valence-electron chi connectivity index (χ4n) is 5.54. The Morgan fingerprint density at radius 1 is 1.06 bits per heavy atom. The molecule has 0 spiro atoms. The highest BCUT2D eigenvalue weighted by molar-refractivity contribution is 9.10. The zero-order valence-corrected chi connectivity index (χ0v) is 21.6. The molecule has 2 aromatic rings. The molecule has 10 heteroatoms. The van der Waals surface area contributed by atoms with Gasteiger partial charge in [0, 0.05) is 10.2 Å². The number of nitrogens with one attached hydrogen (secondary N) is 1. The minimum Gasteiger partial charge on any atom is -0.452 e. The number of benzene rings is 2. The summed E-state index contributed by atoms with van der Waals surface area (Å²) in [6.45, 7) is 1.36. The van der Waals surface area contributed by atoms with Crippen LogP contribution in [0.5, 0.6) is 0 Å². The van der Waals surface area contributed by atoms with Crippen molar-refractivity contribution < 1.29 is 23.9 Å². The van der Waals surface area contributed by atoms with Crippen molar-refractivity contribution in [1.82, 2.24) is 0 Å². The fourth-order valence-corrected chi connectivity index (χ4v) is 6.91. The third kappa shape index (κ3) is 4.15. The first-order chi connectivity index (χ1) is 16.7. The molecule has 3 amide bonds. The number of carbonyl (C=O) groups is 4. The number of rotatable bonds is 5. The van der Waals surface area contributed by atoms with E-state index in [1.54, 1.807) is 24.3 Å². The summed E-state index contributed by atoms with van der Waals surface area (Å²) in [5.41, 5.74) is 1.88. The molecule has 2 aliphatic carbocycles. The molecule has 1 heterocycles. The number of amides is 3. The first-order valence-electron chi connectivity index (χ1n) is 11.2. The number of hydrogen-bond acceptors (Lipinski definition) is 5. The maximum absolute atomic E-state index is 13.2. The highest BCUT2D eigenvalue weighted by Crippen LogP contribution is 2.59. The van der Waals surface area contributed by atoms with E-state index >= 15 is 0 Å². The Hall–Kier alpha value is -2.42. The van der Waals surface area contributed by atoms with E-state index in [-0.39, 0.29) is 45.7 Å². The molecule has 0 radical (unpaired) electrons. The lowest BCUT2D eigenvalue weighted by molar-refractivity contribution is -0.123. The standard InChI is InChI=1S/C25H21BrCl2N2O5/c1-11-7-13(26)5-6-17(11)29-18(31)10-35-25(34)12-3-2-4-14(8-12)30-23(32)19-15-9-16(20(19)24(30)33)22(28)21(15)27/h2-8,15-16,19-22H,9-10H2,1H3,(H,29,31)/t15-,16-,19-,20-,21+,22+/m1/s1. The molecule has 5 rings (SSSR count). The van der Waals surface area contributed by atoms with Gasteiger partial charge in [0.1, 0.15) is 0 Å². The molecule has 7 nitrogen and oxygen atoms in total. The molecule has 1 N–H and O–H groups in total. The smallest absolute Gasteiger partial charge is 0.338 e. The van der Waals surface area contributed by atoms with E-state index in [9.17, 15) is 19.2 Å². The van der Waals surface area contributed by atoms with E-state index in [1.165, 1.54) is 12.1 Å². The van der Waals surface area contributed by atoms with Crippen molar-refractivity contribution >= 4 is 74.2 Å². The molecule has 2 saturated carbocycles. The van der Waals surface area contributed by atoms with Crippen LogP contribution in [-0.2, 0) is 19.1 Å². The number of nitrogens with zero attached hydrogens (tertiary/aromatic N) is 1. The molecule has 2 aromatic carbocycles. The van der Waals surface area contributed by atoms with Gasteiger partial charge < -0.3 is 10.1 Å². The molecule has 6 atom stereocenters. The SMILES string of the molecule is Cc1cc(Br)ccc1NC(=O)COC(=O)c1cccc(N2C(=O)[C@@H]3[C@H]4C[C@@H]([C@H](Cl)[C@H]4Cl)[C@H]3C2=O)c1. The number of imide groups is 1. The number of fused-ring (bicyclic) bond motifs is 5. The van der Waals surface area contributed by atoms with Crippen LogP contribution in [0.2, 0.25) is 0 Å². The van der Waals surface area contributed by atoms with Gasteiger partial charge in [0.05, 0.1) is 33.8 Å². The van der Waals surface area contributed by atoms with E-state index in [4.69, 9.17) is 27.9 Å². The van der Waals surface area contributed by atoms with E-state index < -0.39 is 30.3 Å². The van der Waals surface area contributed by atoms with Crippen LogP contribution in [0.15, 0.2) is 46.9 Å². The summed E-state index contributed by atoms with van der Waals surface area (Å²) in [5, 5.41) is 2.02. The van der Waals surface area contributed by atoms with Crippen molar-refractivity contribution in [3.8, 4) is 0 Å². The van der Waals surface area contributed by atoms with Gasteiger partial charge in [-0.1, -0.05) is 22.0 Å². The second-order valence-electron chi connectivity index (χ2n) is 9.15. The van der Waals surface area contributed by atoms with Crippen molar-refractivity contribution in [2.45, 2.75) is 24.1 Å². The minimum atomic E-state index is -0.740. The van der Waals surface area contributed by atoms with Crippen LogP contribution >= 0.6 is 39.1 Å². The summed E-state index contributed by atoms with van der Waals surface area (Å²) in [6.07, 6.45) is 0.678. The summed E-state index contributed by atoms with van der Waals surface area (Å²) in [5.74, 6) is -3.06. The second kappa shape index (κ2) is 9.22. The highest BCUT2D eigenvalue weighted by atomic mass is 79.9. The van der Waals surface area contributed by atoms with E-state index in [2.05, 4.69) is 21.2 Å². The third-order valence-corrected chi connectivity index (χ3v) is 8.94. The number of alkyl halides is 2. The molecular formula is C25H21BrCl2N2O5. The monoisotopic (exact) mass is 578 g/mol. The van der Waals surface area contributed by atoms with E-state index in [0.29, 0.717) is 12.1 Å². The van der Waals surface area contributed by atoms with Crippen LogP contribution < -0.4 is 10.2 Å². The minimum absolute atomic E-state index is 0.126. The van der Waals surface area contributed by atoms with Gasteiger partial charge in [0.25, 0.3) is 5.91 Å². The number of anilines is 2. The van der Waals surface area contributed by atoms with Gasteiger partial charge >= 0.3 is 5.97 Å². The highest BCUT2D eigenvalue weighted by Gasteiger charge is 2.66. The first kappa shape index (κ1) is 24.3. The predicted octanol–water partition coefficient (Wildman–Crippen LogP) is 4.52. The predicted molar refractivity (Wildman–Crippen MR) is 135 cm³/mol. The molecule has 0 aromatic heterocycles. The van der Waals surface area contributed by atoms with Crippen LogP contribution in [-0.4, -0.2) is 41.1 Å². The quantitative estimate of drug-likeness (QED) is 0.319. The number of halogens is 3. The van der Waals surface area contributed by atoms with Crippen molar-refractivity contribution in [2.24, 2.45) is 23.7 Å². The molecule has 35 heavy (non-hydrogen) atoms. The number of hydrogen-bond donors (Lipinski definition) is 1.